The topological polar surface area (TPSA) is 98.7 Å². The highest BCUT2D eigenvalue weighted by Crippen LogP contribution is 2.16. The highest BCUT2D eigenvalue weighted by atomic mass is 16.4. The van der Waals surface area contributed by atoms with E-state index in [9.17, 15) is 19.5 Å². The molecule has 0 aromatic heterocycles. The second kappa shape index (κ2) is 7.84. The molecule has 1 aliphatic heterocycles. The van der Waals surface area contributed by atoms with E-state index in [1.807, 2.05) is 0 Å². The molecule has 0 radical (unpaired) electrons. The molecule has 1 heterocycles. The number of carboxylic acid groups (broad SMARTS) is 1. The Morgan fingerprint density at radius 1 is 1.25 bits per heavy atom. The van der Waals surface area contributed by atoms with Crippen LogP contribution in [0.4, 0.5) is 4.79 Å². The Balaban J connectivity index is 2.53. The quantitative estimate of drug-likeness (QED) is 0.700. The first-order chi connectivity index (χ1) is 9.40. The van der Waals surface area contributed by atoms with Crippen molar-refractivity contribution in [2.45, 2.75) is 51.6 Å². The molecule has 7 nitrogen and oxygen atoms in total. The summed E-state index contributed by atoms with van der Waals surface area (Å²) >= 11 is 0. The summed E-state index contributed by atoms with van der Waals surface area (Å²) in [6.45, 7) is 4.08. The van der Waals surface area contributed by atoms with Crippen LogP contribution < -0.4 is 10.6 Å². The summed E-state index contributed by atoms with van der Waals surface area (Å²) < 4.78 is 0. The van der Waals surface area contributed by atoms with Gasteiger partial charge < -0.3 is 10.4 Å². The zero-order valence-corrected chi connectivity index (χ0v) is 12.0. The van der Waals surface area contributed by atoms with Crippen molar-refractivity contribution in [2.24, 2.45) is 0 Å². The number of nitrogens with one attached hydrogen (secondary N) is 2. The molecular weight excluding hydrogens is 262 g/mol. The molecule has 3 N–H and O–H groups in total. The summed E-state index contributed by atoms with van der Waals surface area (Å²) in [5, 5.41) is 14.0. The number of carbonyl (C=O) groups is 3. The van der Waals surface area contributed by atoms with Gasteiger partial charge in [-0.05, 0) is 33.2 Å². The Bertz CT molecular complexity index is 371. The minimum absolute atomic E-state index is 0.0623. The number of hydrogen-bond acceptors (Lipinski definition) is 4. The summed E-state index contributed by atoms with van der Waals surface area (Å²) in [4.78, 5) is 36.0. The van der Waals surface area contributed by atoms with Gasteiger partial charge in [-0.1, -0.05) is 12.8 Å². The van der Waals surface area contributed by atoms with Crippen LogP contribution >= 0.6 is 0 Å². The molecule has 0 aromatic carbocycles. The van der Waals surface area contributed by atoms with E-state index >= 15 is 0 Å². The monoisotopic (exact) mass is 285 g/mol. The lowest BCUT2D eigenvalue weighted by Crippen LogP contribution is -2.49. The van der Waals surface area contributed by atoms with Gasteiger partial charge in [0.2, 0.25) is 5.91 Å². The fraction of sp³-hybridized carbons (Fsp3) is 0.769. The number of nitrogens with zero attached hydrogens (tertiary/aromatic N) is 1. The summed E-state index contributed by atoms with van der Waals surface area (Å²) in [6.07, 6.45) is 3.23. The summed E-state index contributed by atoms with van der Waals surface area (Å²) in [5.74, 6) is -1.39. The van der Waals surface area contributed by atoms with Gasteiger partial charge in [0.25, 0.3) is 0 Å². The van der Waals surface area contributed by atoms with E-state index in [1.54, 1.807) is 18.7 Å². The van der Waals surface area contributed by atoms with Crippen molar-refractivity contribution in [1.82, 2.24) is 15.5 Å². The predicted octanol–water partition coefficient (Wildman–Crippen LogP) is 0.550. The van der Waals surface area contributed by atoms with Crippen molar-refractivity contribution in [3.05, 3.63) is 0 Å². The van der Waals surface area contributed by atoms with Crippen LogP contribution in [0, 0.1) is 0 Å². The number of carbonyl (C=O) groups excluding carboxylic acids is 2. The standard InChI is InChI=1S/C13H23N3O4/c1-9(2)14-13(20)15-11(17)8-16-7-5-3-4-6-10(16)12(18)19/h9-10H,3-8H2,1-2H3,(H,18,19)(H2,14,15,17,20). The van der Waals surface area contributed by atoms with Gasteiger partial charge in [0.15, 0.2) is 0 Å². The van der Waals surface area contributed by atoms with Crippen LogP contribution in [0.2, 0.25) is 0 Å². The molecular formula is C13H23N3O4. The zero-order chi connectivity index (χ0) is 15.1. The smallest absolute Gasteiger partial charge is 0.321 e. The molecule has 1 unspecified atom stereocenters. The number of rotatable bonds is 4. The Hall–Kier alpha value is -1.63. The van der Waals surface area contributed by atoms with Crippen LogP contribution in [0.5, 0.6) is 0 Å². The molecule has 3 amide bonds. The molecule has 1 fully saturated rings. The van der Waals surface area contributed by atoms with E-state index in [1.165, 1.54) is 0 Å². The second-order valence-electron chi connectivity index (χ2n) is 5.35. The Labute approximate surface area is 118 Å². The summed E-state index contributed by atoms with van der Waals surface area (Å²) in [7, 11) is 0. The van der Waals surface area contributed by atoms with E-state index in [0.29, 0.717) is 13.0 Å². The van der Waals surface area contributed by atoms with Crippen LogP contribution in [-0.4, -0.2) is 53.1 Å². The fourth-order valence-electron chi connectivity index (χ4n) is 2.29. The maximum Gasteiger partial charge on any atom is 0.321 e. The average molecular weight is 285 g/mol. The molecule has 0 saturated carbocycles. The second-order valence-corrected chi connectivity index (χ2v) is 5.35. The molecule has 1 atom stereocenters. The van der Waals surface area contributed by atoms with E-state index < -0.39 is 23.9 Å². The lowest BCUT2D eigenvalue weighted by Gasteiger charge is -2.25. The van der Waals surface area contributed by atoms with Gasteiger partial charge in [-0.25, -0.2) is 4.79 Å². The highest BCUT2D eigenvalue weighted by Gasteiger charge is 2.28. The first-order valence-corrected chi connectivity index (χ1v) is 6.97. The number of urea groups is 1. The van der Waals surface area contributed by atoms with Crippen molar-refractivity contribution < 1.29 is 19.5 Å². The van der Waals surface area contributed by atoms with Gasteiger partial charge >= 0.3 is 12.0 Å². The molecule has 20 heavy (non-hydrogen) atoms. The highest BCUT2D eigenvalue weighted by molar-refractivity contribution is 5.95. The molecule has 0 bridgehead atoms. The van der Waals surface area contributed by atoms with Crippen molar-refractivity contribution in [2.75, 3.05) is 13.1 Å². The van der Waals surface area contributed by atoms with Gasteiger partial charge in [-0.15, -0.1) is 0 Å². The zero-order valence-electron chi connectivity index (χ0n) is 12.0. The number of carboxylic acids is 1. The number of likely N-dealkylation sites (tertiary alicyclic amines) is 1. The molecule has 1 saturated heterocycles. The number of hydrogen-bond donors (Lipinski definition) is 3. The summed E-state index contributed by atoms with van der Waals surface area (Å²) in [6, 6.07) is -1.25. The Kier molecular flexibility index (Phi) is 6.44. The number of aliphatic carboxylic acids is 1. The normalized spacial score (nSPS) is 20.2. The van der Waals surface area contributed by atoms with E-state index in [2.05, 4.69) is 10.6 Å². The minimum atomic E-state index is -0.911. The van der Waals surface area contributed by atoms with E-state index in [-0.39, 0.29) is 12.6 Å². The molecule has 0 aliphatic carbocycles. The van der Waals surface area contributed by atoms with Crippen LogP contribution in [0.15, 0.2) is 0 Å². The number of imide groups is 1. The van der Waals surface area contributed by atoms with Crippen LogP contribution in [0.1, 0.15) is 39.5 Å². The SMILES string of the molecule is CC(C)NC(=O)NC(=O)CN1CCCCCC1C(=O)O. The first kappa shape index (κ1) is 16.4. The molecule has 7 heteroatoms. The van der Waals surface area contributed by atoms with Crippen molar-refractivity contribution in [1.29, 1.82) is 0 Å². The predicted molar refractivity (Wildman–Crippen MR) is 73.3 cm³/mol. The lowest BCUT2D eigenvalue weighted by atomic mass is 10.1. The van der Waals surface area contributed by atoms with Crippen molar-refractivity contribution >= 4 is 17.9 Å². The van der Waals surface area contributed by atoms with Crippen molar-refractivity contribution in [3.63, 3.8) is 0 Å². The minimum Gasteiger partial charge on any atom is -0.480 e. The largest absolute Gasteiger partial charge is 0.480 e. The van der Waals surface area contributed by atoms with Gasteiger partial charge in [-0.2, -0.15) is 0 Å². The average Bonchev–Trinajstić information content (AvgIpc) is 2.52. The third-order valence-corrected chi connectivity index (χ3v) is 3.17. The number of amides is 3. The summed E-state index contributed by atoms with van der Waals surface area (Å²) in [5.41, 5.74) is 0. The van der Waals surface area contributed by atoms with Crippen LogP contribution in [0.25, 0.3) is 0 Å². The molecule has 0 spiro atoms. The van der Waals surface area contributed by atoms with E-state index in [4.69, 9.17) is 0 Å². The Morgan fingerprint density at radius 3 is 2.55 bits per heavy atom. The van der Waals surface area contributed by atoms with Crippen LogP contribution in [0.3, 0.4) is 0 Å². The van der Waals surface area contributed by atoms with Crippen LogP contribution in [-0.2, 0) is 9.59 Å². The van der Waals surface area contributed by atoms with E-state index in [0.717, 1.165) is 19.3 Å². The first-order valence-electron chi connectivity index (χ1n) is 6.97. The Morgan fingerprint density at radius 2 is 1.95 bits per heavy atom. The fourth-order valence-corrected chi connectivity index (χ4v) is 2.29. The van der Waals surface area contributed by atoms with Gasteiger partial charge in [0.05, 0.1) is 6.54 Å². The maximum atomic E-state index is 11.8. The molecule has 1 aliphatic rings. The van der Waals surface area contributed by atoms with Crippen molar-refractivity contribution in [3.8, 4) is 0 Å². The maximum absolute atomic E-state index is 11.8. The third kappa shape index (κ3) is 5.56. The molecule has 114 valence electrons. The van der Waals surface area contributed by atoms with Gasteiger partial charge in [0, 0.05) is 6.04 Å². The lowest BCUT2D eigenvalue weighted by molar-refractivity contribution is -0.143. The third-order valence-electron chi connectivity index (χ3n) is 3.17. The van der Waals surface area contributed by atoms with Gasteiger partial charge in [0.1, 0.15) is 6.04 Å². The molecule has 0 aromatic rings. The van der Waals surface area contributed by atoms with Gasteiger partial charge in [-0.3, -0.25) is 19.8 Å². The molecule has 1 rings (SSSR count).